The standard InChI is InChI=1S/C55H37N/c1-2-13-38(14-3-1)42-17-8-18-43(33-42)44-19-9-20-45(34-44)46-21-10-22-47(35-46)48-23-11-24-49(36-48)55-37-53(52-26-6-7-28-54(52)56-55)41-31-29-40(30-32-41)51-27-12-16-39-15-4-5-25-50(39)51/h1-37H. The third kappa shape index (κ3) is 6.46. The monoisotopic (exact) mass is 711 g/mol. The van der Waals surface area contributed by atoms with Crippen LogP contribution >= 0.6 is 0 Å². The fraction of sp³-hybridized carbons (Fsp3) is 0. The Kier molecular flexibility index (Phi) is 8.59. The van der Waals surface area contributed by atoms with E-state index in [0.29, 0.717) is 0 Å². The molecule has 10 aromatic rings. The average molecular weight is 712 g/mol. The summed E-state index contributed by atoms with van der Waals surface area (Å²) < 4.78 is 0. The Morgan fingerprint density at radius 3 is 1.25 bits per heavy atom. The molecule has 10 rings (SSSR count). The van der Waals surface area contributed by atoms with Crippen LogP contribution in [0.1, 0.15) is 0 Å². The molecule has 0 amide bonds. The van der Waals surface area contributed by atoms with E-state index in [1.165, 1.54) is 72.0 Å². The second-order valence-corrected chi connectivity index (χ2v) is 14.4. The van der Waals surface area contributed by atoms with Gasteiger partial charge in [-0.25, -0.2) is 4.98 Å². The number of benzene rings is 9. The fourth-order valence-corrected chi connectivity index (χ4v) is 7.99. The maximum Gasteiger partial charge on any atom is 0.0716 e. The van der Waals surface area contributed by atoms with Crippen LogP contribution in [-0.2, 0) is 0 Å². The first-order valence-corrected chi connectivity index (χ1v) is 19.2. The summed E-state index contributed by atoms with van der Waals surface area (Å²) in [5, 5.41) is 3.66. The Morgan fingerprint density at radius 1 is 0.232 bits per heavy atom. The van der Waals surface area contributed by atoms with Gasteiger partial charge in [-0.2, -0.15) is 0 Å². The highest BCUT2D eigenvalue weighted by Crippen LogP contribution is 2.37. The Bertz CT molecular complexity index is 3010. The zero-order valence-electron chi connectivity index (χ0n) is 30.8. The number of pyridine rings is 1. The van der Waals surface area contributed by atoms with Crippen LogP contribution in [0.2, 0.25) is 0 Å². The van der Waals surface area contributed by atoms with Crippen LogP contribution in [0.5, 0.6) is 0 Å². The summed E-state index contributed by atoms with van der Waals surface area (Å²) in [6, 6.07) is 80.7. The highest BCUT2D eigenvalue weighted by molar-refractivity contribution is 5.99. The predicted molar refractivity (Wildman–Crippen MR) is 237 cm³/mol. The topological polar surface area (TPSA) is 12.9 Å². The van der Waals surface area contributed by atoms with Gasteiger partial charge < -0.3 is 0 Å². The smallest absolute Gasteiger partial charge is 0.0716 e. The van der Waals surface area contributed by atoms with Crippen molar-refractivity contribution < 1.29 is 0 Å². The largest absolute Gasteiger partial charge is 0.248 e. The van der Waals surface area contributed by atoms with E-state index in [-0.39, 0.29) is 0 Å². The van der Waals surface area contributed by atoms with Gasteiger partial charge in [0, 0.05) is 10.9 Å². The molecule has 0 unspecified atom stereocenters. The summed E-state index contributed by atoms with van der Waals surface area (Å²) in [5.41, 5.74) is 17.4. The molecule has 9 aromatic carbocycles. The van der Waals surface area contributed by atoms with Gasteiger partial charge >= 0.3 is 0 Å². The molecule has 1 heteroatoms. The van der Waals surface area contributed by atoms with E-state index in [1.807, 2.05) is 0 Å². The van der Waals surface area contributed by atoms with E-state index in [4.69, 9.17) is 4.98 Å². The first kappa shape index (κ1) is 33.2. The molecule has 0 spiro atoms. The third-order valence-corrected chi connectivity index (χ3v) is 10.9. The van der Waals surface area contributed by atoms with Crippen molar-refractivity contribution in [3.8, 4) is 78.0 Å². The van der Waals surface area contributed by atoms with E-state index in [9.17, 15) is 0 Å². The molecule has 0 bridgehead atoms. The van der Waals surface area contributed by atoms with E-state index in [1.54, 1.807) is 0 Å². The van der Waals surface area contributed by atoms with Gasteiger partial charge in [-0.3, -0.25) is 0 Å². The lowest BCUT2D eigenvalue weighted by atomic mass is 9.93. The van der Waals surface area contributed by atoms with E-state index in [0.717, 1.165) is 27.7 Å². The highest BCUT2D eigenvalue weighted by Gasteiger charge is 2.13. The van der Waals surface area contributed by atoms with Gasteiger partial charge in [-0.05, 0) is 114 Å². The predicted octanol–water partition coefficient (Wildman–Crippen LogP) is 15.1. The molecule has 0 N–H and O–H groups in total. The lowest BCUT2D eigenvalue weighted by Crippen LogP contribution is -1.91. The van der Waals surface area contributed by atoms with Crippen LogP contribution in [0.3, 0.4) is 0 Å². The molecule has 0 fully saturated rings. The molecule has 0 aliphatic rings. The minimum atomic E-state index is 0.959. The minimum absolute atomic E-state index is 0.959. The third-order valence-electron chi connectivity index (χ3n) is 10.9. The molecule has 0 atom stereocenters. The number of fused-ring (bicyclic) bond motifs is 2. The second-order valence-electron chi connectivity index (χ2n) is 14.4. The first-order chi connectivity index (χ1) is 27.7. The quantitative estimate of drug-likeness (QED) is 0.160. The molecule has 0 saturated carbocycles. The van der Waals surface area contributed by atoms with Crippen LogP contribution in [0.15, 0.2) is 224 Å². The molecule has 0 saturated heterocycles. The van der Waals surface area contributed by atoms with Gasteiger partial charge in [0.15, 0.2) is 0 Å². The van der Waals surface area contributed by atoms with Crippen LogP contribution in [-0.4, -0.2) is 4.98 Å². The fourth-order valence-electron chi connectivity index (χ4n) is 7.99. The molecular formula is C55H37N. The van der Waals surface area contributed by atoms with Crippen molar-refractivity contribution in [3.05, 3.63) is 224 Å². The Hall–Kier alpha value is -7.35. The van der Waals surface area contributed by atoms with Gasteiger partial charge in [-0.1, -0.05) is 188 Å². The molecule has 1 heterocycles. The molecular weight excluding hydrogens is 675 g/mol. The van der Waals surface area contributed by atoms with E-state index in [2.05, 4.69) is 224 Å². The van der Waals surface area contributed by atoms with E-state index < -0.39 is 0 Å². The second kappa shape index (κ2) is 14.5. The zero-order chi connectivity index (χ0) is 37.3. The van der Waals surface area contributed by atoms with Crippen molar-refractivity contribution in [2.45, 2.75) is 0 Å². The minimum Gasteiger partial charge on any atom is -0.248 e. The van der Waals surface area contributed by atoms with Crippen LogP contribution < -0.4 is 0 Å². The SMILES string of the molecule is c1ccc(-c2cccc(-c3cccc(-c4cccc(-c5cccc(-c6cc(-c7ccc(-c8cccc9ccccc89)cc7)c7ccccc7n6)c5)c4)c3)c2)cc1. The maximum atomic E-state index is 5.19. The Balaban J connectivity index is 0.977. The zero-order valence-corrected chi connectivity index (χ0v) is 30.8. The van der Waals surface area contributed by atoms with Crippen molar-refractivity contribution in [2.24, 2.45) is 0 Å². The molecule has 1 aromatic heterocycles. The number of aromatic nitrogens is 1. The van der Waals surface area contributed by atoms with Crippen molar-refractivity contribution in [1.29, 1.82) is 0 Å². The molecule has 1 nitrogen and oxygen atoms in total. The Morgan fingerprint density at radius 2 is 0.643 bits per heavy atom. The lowest BCUT2D eigenvalue weighted by Gasteiger charge is -2.13. The summed E-state index contributed by atoms with van der Waals surface area (Å²) in [4.78, 5) is 5.19. The van der Waals surface area contributed by atoms with Gasteiger partial charge in [-0.15, -0.1) is 0 Å². The Labute approximate surface area is 327 Å². The maximum absolute atomic E-state index is 5.19. The molecule has 262 valence electrons. The molecule has 56 heavy (non-hydrogen) atoms. The lowest BCUT2D eigenvalue weighted by molar-refractivity contribution is 1.40. The van der Waals surface area contributed by atoms with Crippen molar-refractivity contribution in [3.63, 3.8) is 0 Å². The summed E-state index contributed by atoms with van der Waals surface area (Å²) in [5.74, 6) is 0. The number of hydrogen-bond donors (Lipinski definition) is 0. The number of nitrogens with zero attached hydrogens (tertiary/aromatic N) is 1. The summed E-state index contributed by atoms with van der Waals surface area (Å²) >= 11 is 0. The summed E-state index contributed by atoms with van der Waals surface area (Å²) in [6.45, 7) is 0. The van der Waals surface area contributed by atoms with Crippen molar-refractivity contribution in [1.82, 2.24) is 4.98 Å². The van der Waals surface area contributed by atoms with Crippen molar-refractivity contribution in [2.75, 3.05) is 0 Å². The van der Waals surface area contributed by atoms with Gasteiger partial charge in [0.2, 0.25) is 0 Å². The van der Waals surface area contributed by atoms with Crippen LogP contribution in [0, 0.1) is 0 Å². The van der Waals surface area contributed by atoms with Gasteiger partial charge in [0.1, 0.15) is 0 Å². The van der Waals surface area contributed by atoms with E-state index >= 15 is 0 Å². The number of hydrogen-bond acceptors (Lipinski definition) is 1. The van der Waals surface area contributed by atoms with Crippen LogP contribution in [0.4, 0.5) is 0 Å². The normalized spacial score (nSPS) is 11.2. The average Bonchev–Trinajstić information content (AvgIpc) is 3.29. The van der Waals surface area contributed by atoms with Crippen molar-refractivity contribution >= 4 is 21.7 Å². The molecule has 0 aliphatic carbocycles. The summed E-state index contributed by atoms with van der Waals surface area (Å²) in [7, 11) is 0. The molecule has 0 aliphatic heterocycles. The summed E-state index contributed by atoms with van der Waals surface area (Å²) in [6.07, 6.45) is 0. The number of rotatable bonds is 7. The number of para-hydroxylation sites is 1. The van der Waals surface area contributed by atoms with Gasteiger partial charge in [0.25, 0.3) is 0 Å². The highest BCUT2D eigenvalue weighted by atomic mass is 14.7. The molecule has 0 radical (unpaired) electrons. The van der Waals surface area contributed by atoms with Crippen LogP contribution in [0.25, 0.3) is 99.7 Å². The van der Waals surface area contributed by atoms with Gasteiger partial charge in [0.05, 0.1) is 11.2 Å². The first-order valence-electron chi connectivity index (χ1n) is 19.2.